The number of hydrogen-bond acceptors (Lipinski definition) is 0. The van der Waals surface area contributed by atoms with Crippen molar-refractivity contribution in [2.24, 2.45) is 0 Å². The summed E-state index contributed by atoms with van der Waals surface area (Å²) in [6, 6.07) is 13.4. The van der Waals surface area contributed by atoms with Crippen molar-refractivity contribution < 1.29 is 20.8 Å². The van der Waals surface area contributed by atoms with E-state index >= 15 is 0 Å². The molecule has 0 saturated carbocycles. The van der Waals surface area contributed by atoms with Crippen LogP contribution in [0.3, 0.4) is 0 Å². The van der Waals surface area contributed by atoms with E-state index in [9.17, 15) is 0 Å². The molecular weight excluding hydrogens is 402 g/mol. The third kappa shape index (κ3) is 7.72. The van der Waals surface area contributed by atoms with Gasteiger partial charge in [-0.1, -0.05) is 51.4 Å². The van der Waals surface area contributed by atoms with Gasteiger partial charge in [0.05, 0.1) is 0 Å². The van der Waals surface area contributed by atoms with Gasteiger partial charge < -0.3 is 6.92 Å². The van der Waals surface area contributed by atoms with Crippen molar-refractivity contribution in [3.63, 3.8) is 0 Å². The summed E-state index contributed by atoms with van der Waals surface area (Å²) in [6.07, 6.45) is 10.9. The van der Waals surface area contributed by atoms with Gasteiger partial charge in [0.1, 0.15) is 0 Å². The molecule has 128 valence electrons. The van der Waals surface area contributed by atoms with Crippen LogP contribution in [0, 0.1) is 6.92 Å². The second kappa shape index (κ2) is 13.5. The number of hydrogen-bond donors (Lipinski definition) is 0. The Morgan fingerprint density at radius 3 is 1.48 bits per heavy atom. The molecule has 0 amide bonds. The Bertz CT molecular complexity index is 426. The first-order chi connectivity index (χ1) is 11.3. The molecule has 2 aromatic carbocycles. The summed E-state index contributed by atoms with van der Waals surface area (Å²) in [6.45, 7) is 5.00. The van der Waals surface area contributed by atoms with Crippen molar-refractivity contribution in [1.82, 2.24) is 0 Å². The van der Waals surface area contributed by atoms with Crippen molar-refractivity contribution in [1.29, 1.82) is 0 Å². The van der Waals surface area contributed by atoms with E-state index in [4.69, 9.17) is 17.0 Å². The molecule has 0 nitrogen and oxygen atoms in total. The van der Waals surface area contributed by atoms with Gasteiger partial charge in [0.25, 0.3) is 0 Å². The average Bonchev–Trinajstić information content (AvgIpc) is 3.27. The Kier molecular flexibility index (Phi) is 12.4. The minimum atomic E-state index is -0.826. The van der Waals surface area contributed by atoms with E-state index in [2.05, 4.69) is 43.3 Å². The molecule has 0 heterocycles. The molecule has 0 unspecified atom stereocenters. The molecule has 0 atom stereocenters. The quantitative estimate of drug-likeness (QED) is 0.405. The zero-order valence-corrected chi connectivity index (χ0v) is 18.1. The van der Waals surface area contributed by atoms with Gasteiger partial charge in [-0.3, -0.25) is 0 Å². The summed E-state index contributed by atoms with van der Waals surface area (Å²) < 4.78 is 0. The Balaban J connectivity index is 0.000000181. The first-order valence-corrected chi connectivity index (χ1v) is 14.8. The molecule has 0 N–H and O–H groups in total. The zero-order chi connectivity index (χ0) is 16.9. The third-order valence-electron chi connectivity index (χ3n) is 4.30. The van der Waals surface area contributed by atoms with Crippen LogP contribution in [0.5, 0.6) is 0 Å². The molecule has 0 aliphatic heterocycles. The van der Waals surface area contributed by atoms with Gasteiger partial charge in [0.2, 0.25) is 0 Å². The summed E-state index contributed by atoms with van der Waals surface area (Å²) in [5, 5.41) is 0. The average molecular weight is 430 g/mol. The molecule has 0 saturated heterocycles. The number of rotatable bonds is 0. The van der Waals surface area contributed by atoms with E-state index in [0.29, 0.717) is 0 Å². The molecule has 2 aromatic rings. The van der Waals surface area contributed by atoms with Gasteiger partial charge in [-0.2, -0.15) is 53.4 Å². The van der Waals surface area contributed by atoms with E-state index < -0.39 is 20.8 Å². The Labute approximate surface area is 161 Å². The van der Waals surface area contributed by atoms with Crippen LogP contribution in [-0.2, 0) is 46.5 Å². The van der Waals surface area contributed by atoms with Gasteiger partial charge in [-0.15, -0.1) is 0 Å². The summed E-state index contributed by atoms with van der Waals surface area (Å²) in [5.74, 6) is 0. The molecule has 0 bridgehead atoms. The zero-order valence-electron chi connectivity index (χ0n) is 14.1. The molecule has 0 radical (unpaired) electrons. The van der Waals surface area contributed by atoms with Crippen LogP contribution in [-0.4, -0.2) is 0 Å². The van der Waals surface area contributed by atoms with Crippen molar-refractivity contribution in [2.45, 2.75) is 58.3 Å². The fraction of sp³-hybridized carbons (Fsp3) is 0.450. The number of fused-ring (bicyclic) bond motifs is 2. The summed E-state index contributed by atoms with van der Waals surface area (Å²) in [7, 11) is 9.87. The summed E-state index contributed by atoms with van der Waals surface area (Å²) in [4.78, 5) is 0. The summed E-state index contributed by atoms with van der Waals surface area (Å²) in [5.41, 5.74) is 6.39. The molecule has 3 heteroatoms. The maximum absolute atomic E-state index is 4.93. The van der Waals surface area contributed by atoms with E-state index in [1.165, 1.54) is 51.4 Å². The van der Waals surface area contributed by atoms with E-state index in [1.807, 2.05) is 0 Å². The van der Waals surface area contributed by atoms with E-state index in [0.717, 1.165) is 0 Å². The SMILES string of the molecule is [CH2-]C.[Cl][Zr][Cl].c1cc2c([cH-]1)CCCC2.c1cc2c([cH-]1)CCCC2. The Morgan fingerprint density at radius 2 is 1.13 bits per heavy atom. The van der Waals surface area contributed by atoms with Crippen LogP contribution < -0.4 is 0 Å². The topological polar surface area (TPSA) is 0 Å². The van der Waals surface area contributed by atoms with Crippen molar-refractivity contribution in [3.8, 4) is 0 Å². The van der Waals surface area contributed by atoms with Crippen LogP contribution >= 0.6 is 17.0 Å². The van der Waals surface area contributed by atoms with Crippen LogP contribution in [0.4, 0.5) is 0 Å². The van der Waals surface area contributed by atoms with Crippen LogP contribution in [0.2, 0.25) is 0 Å². The predicted molar refractivity (Wildman–Crippen MR) is 100 cm³/mol. The molecule has 0 spiro atoms. The largest absolute Gasteiger partial charge is 0.210 e. The van der Waals surface area contributed by atoms with E-state index in [1.54, 1.807) is 29.2 Å². The van der Waals surface area contributed by atoms with Crippen LogP contribution in [0.15, 0.2) is 36.4 Å². The monoisotopic (exact) mass is 427 g/mol. The molecule has 2 aliphatic rings. The van der Waals surface area contributed by atoms with Crippen molar-refractivity contribution in [2.75, 3.05) is 0 Å². The molecule has 0 aromatic heterocycles. The Hall–Kier alpha value is 0.163. The molecule has 2 aliphatic carbocycles. The number of halogens is 2. The standard InChI is InChI=1S/2C9H11.C2H5.2ClH.Zr/c2*1-2-5-9-7-3-6-8(9)4-1;1-2;;;/h2*3,6-7H,1-2,4-5H2;1H2,2H3;2*1H;/q3*-1;;;+2/p-2. The van der Waals surface area contributed by atoms with E-state index in [-0.39, 0.29) is 0 Å². The van der Waals surface area contributed by atoms with Gasteiger partial charge in [0.15, 0.2) is 0 Å². The van der Waals surface area contributed by atoms with Gasteiger partial charge in [-0.25, -0.2) is 12.1 Å². The smallest absolute Gasteiger partial charge is 0.0512 e. The van der Waals surface area contributed by atoms with Crippen molar-refractivity contribution >= 4 is 17.0 Å². The Morgan fingerprint density at radius 1 is 0.783 bits per heavy atom. The fourth-order valence-corrected chi connectivity index (χ4v) is 3.23. The van der Waals surface area contributed by atoms with Crippen LogP contribution in [0.1, 0.15) is 54.9 Å². The second-order valence-electron chi connectivity index (χ2n) is 5.64. The molecule has 4 rings (SSSR count). The van der Waals surface area contributed by atoms with Gasteiger partial charge >= 0.3 is 37.9 Å². The summed E-state index contributed by atoms with van der Waals surface area (Å²) >= 11 is -0.826. The fourth-order valence-electron chi connectivity index (χ4n) is 3.23. The van der Waals surface area contributed by atoms with Crippen LogP contribution in [0.25, 0.3) is 0 Å². The predicted octanol–water partition coefficient (Wildman–Crippen LogP) is 6.79. The maximum Gasteiger partial charge on any atom is -0.0512 e. The van der Waals surface area contributed by atoms with Gasteiger partial charge in [-0.05, 0) is 0 Å². The minimum absolute atomic E-state index is 0.826. The second-order valence-corrected chi connectivity index (χ2v) is 9.37. The van der Waals surface area contributed by atoms with Gasteiger partial charge in [0, 0.05) is 0 Å². The first kappa shape index (κ1) is 21.2. The van der Waals surface area contributed by atoms with Crippen molar-refractivity contribution in [3.05, 3.63) is 65.6 Å². The molecule has 0 fully saturated rings. The first-order valence-electron chi connectivity index (χ1n) is 8.49. The molecular formula is C20H27Cl2Zr-3. The molecule has 23 heavy (non-hydrogen) atoms. The number of aryl methyl sites for hydroxylation is 4. The maximum atomic E-state index is 4.93. The normalized spacial score (nSPS) is 14.4. The third-order valence-corrected chi connectivity index (χ3v) is 4.30. The minimum Gasteiger partial charge on any atom is -0.210 e.